The molecule has 0 radical (unpaired) electrons. The number of hydrogen-bond acceptors (Lipinski definition) is 5. The number of hydrogen-bond donors (Lipinski definition) is 1. The van der Waals surface area contributed by atoms with E-state index in [1.807, 2.05) is 18.2 Å². The molecule has 1 atom stereocenters. The first-order valence-corrected chi connectivity index (χ1v) is 8.82. The zero-order valence-corrected chi connectivity index (χ0v) is 13.8. The molecule has 0 saturated carbocycles. The number of ether oxygens (including phenoxy) is 2. The summed E-state index contributed by atoms with van der Waals surface area (Å²) in [5.41, 5.74) is 1.72. The number of para-hydroxylation sites is 2. The Hall–Kier alpha value is -2.52. The molecule has 0 fully saturated rings. The molecule has 0 saturated heterocycles. The van der Waals surface area contributed by atoms with E-state index in [9.17, 15) is 10.1 Å². The summed E-state index contributed by atoms with van der Waals surface area (Å²) in [5, 5.41) is 13.0. The summed E-state index contributed by atoms with van der Waals surface area (Å²) in [4.78, 5) is 13.8. The smallest absolute Gasteiger partial charge is 0.269 e. The first-order chi connectivity index (χ1) is 11.8. The number of fused-ring (bicyclic) bond motifs is 2. The molecule has 6 heteroatoms. The lowest BCUT2D eigenvalue weighted by Gasteiger charge is -2.25. The van der Waals surface area contributed by atoms with E-state index in [2.05, 4.69) is 11.4 Å². The fourth-order valence-corrected chi connectivity index (χ4v) is 4.36. The zero-order chi connectivity index (χ0) is 16.5. The van der Waals surface area contributed by atoms with Crippen molar-refractivity contribution in [3.05, 3.63) is 40.3 Å². The highest BCUT2D eigenvalue weighted by Crippen LogP contribution is 2.38. The monoisotopic (exact) mass is 340 g/mol. The largest absolute Gasteiger partial charge is 0.485 e. The molecule has 0 bridgehead atoms. The lowest BCUT2D eigenvalue weighted by Crippen LogP contribution is -2.40. The molecular weight excluding hydrogens is 324 g/mol. The SMILES string of the molecule is N#Cc1c(NC(=O)[C@@H]2COc3ccccc3O2)sc2c1CCCC2. The lowest BCUT2D eigenvalue weighted by atomic mass is 9.96. The number of carbonyl (C=O) groups excluding carboxylic acids is 1. The van der Waals surface area contributed by atoms with Crippen LogP contribution < -0.4 is 14.8 Å². The maximum Gasteiger partial charge on any atom is 0.269 e. The van der Waals surface area contributed by atoms with Gasteiger partial charge < -0.3 is 14.8 Å². The third-order valence-corrected chi connectivity index (χ3v) is 5.53. The summed E-state index contributed by atoms with van der Waals surface area (Å²) >= 11 is 1.51. The molecule has 122 valence electrons. The Morgan fingerprint density at radius 2 is 2.04 bits per heavy atom. The van der Waals surface area contributed by atoms with E-state index < -0.39 is 6.10 Å². The van der Waals surface area contributed by atoms with Crippen molar-refractivity contribution >= 4 is 22.2 Å². The molecular formula is C18H16N2O3S. The lowest BCUT2D eigenvalue weighted by molar-refractivity contribution is -0.125. The average Bonchev–Trinajstić information content (AvgIpc) is 2.98. The van der Waals surface area contributed by atoms with Gasteiger partial charge in [0.15, 0.2) is 11.5 Å². The van der Waals surface area contributed by atoms with Crippen LogP contribution in [0.1, 0.15) is 28.8 Å². The number of carbonyl (C=O) groups is 1. The molecule has 0 spiro atoms. The highest BCUT2D eigenvalue weighted by Gasteiger charge is 2.29. The van der Waals surface area contributed by atoms with Crippen molar-refractivity contribution in [2.24, 2.45) is 0 Å². The number of nitrogens with one attached hydrogen (secondary N) is 1. The maximum absolute atomic E-state index is 12.5. The van der Waals surface area contributed by atoms with Gasteiger partial charge in [-0.3, -0.25) is 4.79 Å². The predicted molar refractivity (Wildman–Crippen MR) is 90.7 cm³/mol. The minimum absolute atomic E-state index is 0.163. The van der Waals surface area contributed by atoms with Crippen LogP contribution in [0.15, 0.2) is 24.3 Å². The van der Waals surface area contributed by atoms with Gasteiger partial charge in [-0.1, -0.05) is 12.1 Å². The zero-order valence-electron chi connectivity index (χ0n) is 13.0. The van der Waals surface area contributed by atoms with Gasteiger partial charge in [-0.25, -0.2) is 0 Å². The molecule has 2 aromatic rings. The number of aryl methyl sites for hydroxylation is 1. The van der Waals surface area contributed by atoms with Crippen molar-refractivity contribution < 1.29 is 14.3 Å². The van der Waals surface area contributed by atoms with Crippen LogP contribution in [0.3, 0.4) is 0 Å². The van der Waals surface area contributed by atoms with Crippen molar-refractivity contribution in [3.63, 3.8) is 0 Å². The highest BCUT2D eigenvalue weighted by atomic mass is 32.1. The molecule has 24 heavy (non-hydrogen) atoms. The Balaban J connectivity index is 1.53. The van der Waals surface area contributed by atoms with Crippen molar-refractivity contribution in [2.45, 2.75) is 31.8 Å². The summed E-state index contributed by atoms with van der Waals surface area (Å²) < 4.78 is 11.3. The molecule has 2 heterocycles. The number of amides is 1. The standard InChI is InChI=1S/C18H16N2O3S/c19-9-12-11-5-1-4-8-16(11)24-18(12)20-17(21)15-10-22-13-6-2-3-7-14(13)23-15/h2-3,6-7,15H,1,4-5,8,10H2,(H,20,21)/t15-/m0/s1. The highest BCUT2D eigenvalue weighted by molar-refractivity contribution is 7.16. The van der Waals surface area contributed by atoms with Crippen LogP contribution in [0.4, 0.5) is 5.00 Å². The molecule has 1 aromatic heterocycles. The van der Waals surface area contributed by atoms with Crippen LogP contribution in [0, 0.1) is 11.3 Å². The fourth-order valence-electron chi connectivity index (χ4n) is 3.11. The Morgan fingerprint density at radius 1 is 1.25 bits per heavy atom. The minimum atomic E-state index is -0.717. The van der Waals surface area contributed by atoms with E-state index in [-0.39, 0.29) is 12.5 Å². The van der Waals surface area contributed by atoms with E-state index in [4.69, 9.17) is 9.47 Å². The Bertz CT molecular complexity index is 837. The fraction of sp³-hybridized carbons (Fsp3) is 0.333. The van der Waals surface area contributed by atoms with Crippen LogP contribution in [0.25, 0.3) is 0 Å². The quantitative estimate of drug-likeness (QED) is 0.911. The Kier molecular flexibility index (Phi) is 3.87. The van der Waals surface area contributed by atoms with Gasteiger partial charge in [0, 0.05) is 4.88 Å². The topological polar surface area (TPSA) is 71.4 Å². The molecule has 5 nitrogen and oxygen atoms in total. The van der Waals surface area contributed by atoms with Gasteiger partial charge in [0.05, 0.1) is 5.56 Å². The molecule has 1 amide bonds. The predicted octanol–water partition coefficient (Wildman–Crippen LogP) is 3.28. The second-order valence-electron chi connectivity index (χ2n) is 5.88. The van der Waals surface area contributed by atoms with Crippen LogP contribution in [0.5, 0.6) is 11.5 Å². The molecule has 0 unspecified atom stereocenters. The third kappa shape index (κ3) is 2.61. The minimum Gasteiger partial charge on any atom is -0.485 e. The van der Waals surface area contributed by atoms with Gasteiger partial charge in [-0.05, 0) is 43.4 Å². The number of nitrogens with zero attached hydrogens (tertiary/aromatic N) is 1. The first-order valence-electron chi connectivity index (χ1n) is 8.00. The van der Waals surface area contributed by atoms with E-state index in [0.717, 1.165) is 31.2 Å². The van der Waals surface area contributed by atoms with E-state index in [0.29, 0.717) is 22.1 Å². The van der Waals surface area contributed by atoms with Gasteiger partial charge in [0.25, 0.3) is 5.91 Å². The number of rotatable bonds is 2. The van der Waals surface area contributed by atoms with Crippen LogP contribution in [-0.2, 0) is 17.6 Å². The van der Waals surface area contributed by atoms with Gasteiger partial charge in [-0.15, -0.1) is 11.3 Å². The van der Waals surface area contributed by atoms with Crippen molar-refractivity contribution in [3.8, 4) is 17.6 Å². The summed E-state index contributed by atoms with van der Waals surface area (Å²) in [6.07, 6.45) is 3.43. The number of anilines is 1. The maximum atomic E-state index is 12.5. The molecule has 1 aromatic carbocycles. The molecule has 4 rings (SSSR count). The summed E-state index contributed by atoms with van der Waals surface area (Å²) in [5.74, 6) is 0.931. The summed E-state index contributed by atoms with van der Waals surface area (Å²) in [6.45, 7) is 0.163. The average molecular weight is 340 g/mol. The van der Waals surface area contributed by atoms with Gasteiger partial charge in [0.1, 0.15) is 17.7 Å². The Labute approximate surface area is 143 Å². The molecule has 1 aliphatic heterocycles. The van der Waals surface area contributed by atoms with Crippen molar-refractivity contribution in [1.29, 1.82) is 5.26 Å². The van der Waals surface area contributed by atoms with Crippen LogP contribution >= 0.6 is 11.3 Å². The first kappa shape index (κ1) is 15.0. The normalized spacial score (nSPS) is 18.4. The molecule has 2 aliphatic rings. The van der Waals surface area contributed by atoms with Crippen LogP contribution in [-0.4, -0.2) is 18.6 Å². The second-order valence-corrected chi connectivity index (χ2v) is 6.99. The van der Waals surface area contributed by atoms with Gasteiger partial charge >= 0.3 is 0 Å². The second kappa shape index (κ2) is 6.17. The van der Waals surface area contributed by atoms with Crippen LogP contribution in [0.2, 0.25) is 0 Å². The van der Waals surface area contributed by atoms with Crippen molar-refractivity contribution in [1.82, 2.24) is 0 Å². The van der Waals surface area contributed by atoms with E-state index >= 15 is 0 Å². The number of benzene rings is 1. The Morgan fingerprint density at radius 3 is 2.88 bits per heavy atom. The number of nitriles is 1. The van der Waals surface area contributed by atoms with E-state index in [1.54, 1.807) is 6.07 Å². The molecule has 1 N–H and O–H groups in total. The van der Waals surface area contributed by atoms with E-state index in [1.165, 1.54) is 16.2 Å². The summed E-state index contributed by atoms with van der Waals surface area (Å²) in [7, 11) is 0. The van der Waals surface area contributed by atoms with Gasteiger partial charge in [-0.2, -0.15) is 5.26 Å². The number of thiophene rings is 1. The summed E-state index contributed by atoms with van der Waals surface area (Å²) in [6, 6.07) is 9.53. The third-order valence-electron chi connectivity index (χ3n) is 4.32. The van der Waals surface area contributed by atoms with Gasteiger partial charge in [0.2, 0.25) is 6.10 Å². The van der Waals surface area contributed by atoms with Crippen molar-refractivity contribution in [2.75, 3.05) is 11.9 Å². The molecule has 1 aliphatic carbocycles.